The molecule has 0 aromatic heterocycles. The predicted molar refractivity (Wildman–Crippen MR) is 96.2 cm³/mol. The van der Waals surface area contributed by atoms with Crippen molar-refractivity contribution in [2.75, 3.05) is 19.7 Å². The molecule has 0 unspecified atom stereocenters. The average Bonchev–Trinajstić information content (AvgIpc) is 2.55. The highest BCUT2D eigenvalue weighted by Gasteiger charge is 2.12. The second-order valence-electron chi connectivity index (χ2n) is 6.78. The van der Waals surface area contributed by atoms with E-state index in [4.69, 9.17) is 4.74 Å². The Labute approximate surface area is 145 Å². The molecule has 0 aliphatic heterocycles. The second-order valence-corrected chi connectivity index (χ2v) is 6.78. The second kappa shape index (κ2) is 9.96. The zero-order chi connectivity index (χ0) is 18.0. The lowest BCUT2D eigenvalue weighted by Crippen LogP contribution is -2.34. The SMILES string of the molecule is CCC(=O)NCCNC(=O)CCCOc1ccc(C(C)(C)C)cc1. The molecule has 1 aromatic carbocycles. The lowest BCUT2D eigenvalue weighted by atomic mass is 9.87. The Bertz CT molecular complexity index is 518. The van der Waals surface area contributed by atoms with Crippen LogP contribution in [-0.4, -0.2) is 31.5 Å². The molecule has 5 heteroatoms. The van der Waals surface area contributed by atoms with Crippen LogP contribution < -0.4 is 15.4 Å². The van der Waals surface area contributed by atoms with Crippen LogP contribution >= 0.6 is 0 Å². The van der Waals surface area contributed by atoms with Crippen LogP contribution in [0.25, 0.3) is 0 Å². The molecule has 134 valence electrons. The minimum Gasteiger partial charge on any atom is -0.494 e. The number of carbonyl (C=O) groups excluding carboxylic acids is 2. The zero-order valence-corrected chi connectivity index (χ0v) is 15.3. The van der Waals surface area contributed by atoms with Gasteiger partial charge in [-0.15, -0.1) is 0 Å². The minimum absolute atomic E-state index is 0.00451. The van der Waals surface area contributed by atoms with Crippen molar-refractivity contribution in [1.29, 1.82) is 0 Å². The molecule has 1 aromatic rings. The summed E-state index contributed by atoms with van der Waals surface area (Å²) < 4.78 is 5.66. The van der Waals surface area contributed by atoms with Gasteiger partial charge in [-0.05, 0) is 29.5 Å². The molecule has 0 saturated carbocycles. The highest BCUT2D eigenvalue weighted by atomic mass is 16.5. The quantitative estimate of drug-likeness (QED) is 0.682. The molecular formula is C19H30N2O3. The summed E-state index contributed by atoms with van der Waals surface area (Å²) in [6, 6.07) is 8.09. The molecule has 0 heterocycles. The molecule has 2 amide bonds. The van der Waals surface area contributed by atoms with Crippen LogP contribution in [0.4, 0.5) is 0 Å². The smallest absolute Gasteiger partial charge is 0.220 e. The third kappa shape index (κ3) is 7.99. The number of rotatable bonds is 9. The zero-order valence-electron chi connectivity index (χ0n) is 15.3. The topological polar surface area (TPSA) is 67.4 Å². The van der Waals surface area contributed by atoms with Crippen molar-refractivity contribution in [2.24, 2.45) is 0 Å². The van der Waals surface area contributed by atoms with Crippen LogP contribution in [0.5, 0.6) is 5.75 Å². The molecule has 5 nitrogen and oxygen atoms in total. The number of hydrogen-bond donors (Lipinski definition) is 2. The molecule has 1 rings (SSSR count). The van der Waals surface area contributed by atoms with Gasteiger partial charge < -0.3 is 15.4 Å². The molecule has 24 heavy (non-hydrogen) atoms. The van der Waals surface area contributed by atoms with Crippen LogP contribution in [0.1, 0.15) is 52.5 Å². The maximum atomic E-state index is 11.6. The van der Waals surface area contributed by atoms with E-state index in [1.165, 1.54) is 5.56 Å². The van der Waals surface area contributed by atoms with Crippen molar-refractivity contribution in [3.63, 3.8) is 0 Å². The summed E-state index contributed by atoms with van der Waals surface area (Å²) in [4.78, 5) is 22.7. The van der Waals surface area contributed by atoms with Gasteiger partial charge in [-0.1, -0.05) is 39.8 Å². The normalized spacial score (nSPS) is 11.0. The molecule has 0 atom stereocenters. The van der Waals surface area contributed by atoms with Gasteiger partial charge in [0.1, 0.15) is 5.75 Å². The van der Waals surface area contributed by atoms with Gasteiger partial charge in [-0.25, -0.2) is 0 Å². The summed E-state index contributed by atoms with van der Waals surface area (Å²) in [7, 11) is 0. The number of nitrogens with one attached hydrogen (secondary N) is 2. The van der Waals surface area contributed by atoms with E-state index in [-0.39, 0.29) is 17.2 Å². The summed E-state index contributed by atoms with van der Waals surface area (Å²) in [5.74, 6) is 0.799. The van der Waals surface area contributed by atoms with E-state index in [2.05, 4.69) is 43.5 Å². The van der Waals surface area contributed by atoms with E-state index in [1.807, 2.05) is 12.1 Å². The summed E-state index contributed by atoms with van der Waals surface area (Å²) in [6.07, 6.45) is 1.54. The summed E-state index contributed by atoms with van der Waals surface area (Å²) in [5, 5.41) is 5.49. The van der Waals surface area contributed by atoms with Crippen molar-refractivity contribution in [3.05, 3.63) is 29.8 Å². The third-order valence-corrected chi connectivity index (χ3v) is 3.63. The fraction of sp³-hybridized carbons (Fsp3) is 0.579. The Hall–Kier alpha value is -2.04. The van der Waals surface area contributed by atoms with Crippen molar-refractivity contribution < 1.29 is 14.3 Å². The van der Waals surface area contributed by atoms with Gasteiger partial charge in [0, 0.05) is 25.9 Å². The summed E-state index contributed by atoms with van der Waals surface area (Å²) >= 11 is 0. The van der Waals surface area contributed by atoms with Crippen molar-refractivity contribution >= 4 is 11.8 Å². The van der Waals surface area contributed by atoms with Crippen LogP contribution in [0.15, 0.2) is 24.3 Å². The summed E-state index contributed by atoms with van der Waals surface area (Å²) in [5.41, 5.74) is 1.40. The Morgan fingerprint density at radius 1 is 1.00 bits per heavy atom. The highest BCUT2D eigenvalue weighted by molar-refractivity contribution is 5.76. The fourth-order valence-electron chi connectivity index (χ4n) is 2.09. The van der Waals surface area contributed by atoms with Crippen molar-refractivity contribution in [3.8, 4) is 5.75 Å². The molecule has 0 radical (unpaired) electrons. The first kappa shape index (κ1) is 20.0. The van der Waals surface area contributed by atoms with Crippen molar-refractivity contribution in [2.45, 2.75) is 52.4 Å². The van der Waals surface area contributed by atoms with E-state index in [0.717, 1.165) is 5.75 Å². The van der Waals surface area contributed by atoms with Gasteiger partial charge in [0.25, 0.3) is 0 Å². The van der Waals surface area contributed by atoms with E-state index < -0.39 is 0 Å². The standard InChI is InChI=1S/C19H30N2O3/c1-5-17(22)20-12-13-21-18(23)7-6-14-24-16-10-8-15(9-11-16)19(2,3)4/h8-11H,5-7,12-14H2,1-4H3,(H,20,22)(H,21,23). The Balaban J connectivity index is 2.15. The monoisotopic (exact) mass is 334 g/mol. The number of benzene rings is 1. The van der Waals surface area contributed by atoms with Crippen LogP contribution in [0.2, 0.25) is 0 Å². The largest absolute Gasteiger partial charge is 0.494 e. The maximum absolute atomic E-state index is 11.6. The first-order chi connectivity index (χ1) is 11.3. The first-order valence-corrected chi connectivity index (χ1v) is 8.59. The van der Waals surface area contributed by atoms with Gasteiger partial charge >= 0.3 is 0 Å². The summed E-state index contributed by atoms with van der Waals surface area (Å²) in [6.45, 7) is 9.76. The lowest BCUT2D eigenvalue weighted by Gasteiger charge is -2.19. The van der Waals surface area contributed by atoms with Gasteiger partial charge in [0.2, 0.25) is 11.8 Å². The van der Waals surface area contributed by atoms with E-state index in [1.54, 1.807) is 6.92 Å². The van der Waals surface area contributed by atoms with E-state index >= 15 is 0 Å². The highest BCUT2D eigenvalue weighted by Crippen LogP contribution is 2.24. The predicted octanol–water partition coefficient (Wildman–Crippen LogP) is 2.79. The van der Waals surface area contributed by atoms with Gasteiger partial charge in [-0.3, -0.25) is 9.59 Å². The maximum Gasteiger partial charge on any atom is 0.220 e. The van der Waals surface area contributed by atoms with Gasteiger partial charge in [0.05, 0.1) is 6.61 Å². The Morgan fingerprint density at radius 3 is 2.12 bits per heavy atom. The molecule has 0 bridgehead atoms. The molecule has 0 saturated heterocycles. The van der Waals surface area contributed by atoms with Gasteiger partial charge in [0.15, 0.2) is 0 Å². The average molecular weight is 334 g/mol. The molecule has 0 aliphatic rings. The van der Waals surface area contributed by atoms with Crippen molar-refractivity contribution in [1.82, 2.24) is 10.6 Å². The van der Waals surface area contributed by atoms with E-state index in [0.29, 0.717) is 39.0 Å². The number of hydrogen-bond acceptors (Lipinski definition) is 3. The first-order valence-electron chi connectivity index (χ1n) is 8.59. The molecule has 0 fully saturated rings. The number of carbonyl (C=O) groups is 2. The molecule has 0 aliphatic carbocycles. The molecular weight excluding hydrogens is 304 g/mol. The number of amides is 2. The van der Waals surface area contributed by atoms with Crippen LogP contribution in [-0.2, 0) is 15.0 Å². The van der Waals surface area contributed by atoms with Crippen LogP contribution in [0, 0.1) is 0 Å². The Morgan fingerprint density at radius 2 is 1.58 bits per heavy atom. The van der Waals surface area contributed by atoms with Gasteiger partial charge in [-0.2, -0.15) is 0 Å². The molecule has 2 N–H and O–H groups in total. The number of ether oxygens (including phenoxy) is 1. The third-order valence-electron chi connectivity index (χ3n) is 3.63. The van der Waals surface area contributed by atoms with E-state index in [9.17, 15) is 9.59 Å². The van der Waals surface area contributed by atoms with Crippen LogP contribution in [0.3, 0.4) is 0 Å². The lowest BCUT2D eigenvalue weighted by molar-refractivity contribution is -0.122. The molecule has 0 spiro atoms. The minimum atomic E-state index is -0.0209. The fourth-order valence-corrected chi connectivity index (χ4v) is 2.09. The Kier molecular flexibility index (Phi) is 8.30.